The molecular formula is C14H20Cl2N2. The molecule has 1 aliphatic rings. The van der Waals surface area contributed by atoms with Crippen molar-refractivity contribution in [2.75, 3.05) is 0 Å². The number of nitrogens with two attached hydrogens (primary N) is 2. The van der Waals surface area contributed by atoms with E-state index in [0.717, 1.165) is 54.1 Å². The van der Waals surface area contributed by atoms with Crippen molar-refractivity contribution in [3.05, 3.63) is 33.8 Å². The number of benzene rings is 1. The average molecular weight is 287 g/mol. The van der Waals surface area contributed by atoms with E-state index >= 15 is 0 Å². The summed E-state index contributed by atoms with van der Waals surface area (Å²) in [5.41, 5.74) is 13.3. The molecule has 18 heavy (non-hydrogen) atoms. The number of hydrogen-bond acceptors (Lipinski definition) is 2. The first-order chi connectivity index (χ1) is 8.50. The zero-order chi connectivity index (χ0) is 13.2. The lowest BCUT2D eigenvalue weighted by Gasteiger charge is -2.36. The monoisotopic (exact) mass is 286 g/mol. The lowest BCUT2D eigenvalue weighted by atomic mass is 9.77. The molecule has 0 spiro atoms. The van der Waals surface area contributed by atoms with Gasteiger partial charge in [-0.15, -0.1) is 0 Å². The van der Waals surface area contributed by atoms with E-state index in [9.17, 15) is 0 Å². The van der Waals surface area contributed by atoms with Gasteiger partial charge in [0, 0.05) is 21.6 Å². The number of halogens is 2. The molecule has 0 aromatic heterocycles. The minimum Gasteiger partial charge on any atom is -0.328 e. The Kier molecular flexibility index (Phi) is 4.54. The summed E-state index contributed by atoms with van der Waals surface area (Å²) in [6.07, 6.45) is 5.79. The summed E-state index contributed by atoms with van der Waals surface area (Å²) in [4.78, 5) is 0. The van der Waals surface area contributed by atoms with Crippen LogP contribution >= 0.6 is 23.2 Å². The second-order valence-corrected chi connectivity index (χ2v) is 6.21. The second kappa shape index (κ2) is 5.79. The standard InChI is InChI=1S/C14H20Cl2N2/c15-12-2-1-3-13(16)11(12)6-9-14(18)7-4-10(17)5-8-14/h1-3,10H,4-9,17-18H2. The van der Waals surface area contributed by atoms with Gasteiger partial charge in [-0.1, -0.05) is 29.3 Å². The smallest absolute Gasteiger partial charge is 0.0452 e. The van der Waals surface area contributed by atoms with E-state index in [-0.39, 0.29) is 5.54 Å². The molecule has 1 aromatic rings. The molecule has 1 saturated carbocycles. The molecule has 2 rings (SSSR count). The first-order valence-electron chi connectivity index (χ1n) is 6.47. The van der Waals surface area contributed by atoms with E-state index in [1.807, 2.05) is 18.2 Å². The molecule has 2 nitrogen and oxygen atoms in total. The summed E-state index contributed by atoms with van der Waals surface area (Å²) < 4.78 is 0. The predicted molar refractivity (Wildman–Crippen MR) is 78.1 cm³/mol. The summed E-state index contributed by atoms with van der Waals surface area (Å²) >= 11 is 12.3. The highest BCUT2D eigenvalue weighted by atomic mass is 35.5. The van der Waals surface area contributed by atoms with Gasteiger partial charge in [0.15, 0.2) is 0 Å². The molecule has 0 heterocycles. The Labute approximate surface area is 119 Å². The third-order valence-electron chi connectivity index (χ3n) is 3.96. The van der Waals surface area contributed by atoms with Gasteiger partial charge in [0.2, 0.25) is 0 Å². The lowest BCUT2D eigenvalue weighted by molar-refractivity contribution is 0.258. The van der Waals surface area contributed by atoms with Gasteiger partial charge in [0.25, 0.3) is 0 Å². The van der Waals surface area contributed by atoms with Crippen LogP contribution < -0.4 is 11.5 Å². The molecule has 1 aliphatic carbocycles. The molecule has 0 bridgehead atoms. The van der Waals surface area contributed by atoms with Gasteiger partial charge >= 0.3 is 0 Å². The molecule has 1 fully saturated rings. The first-order valence-corrected chi connectivity index (χ1v) is 7.23. The van der Waals surface area contributed by atoms with Crippen molar-refractivity contribution >= 4 is 23.2 Å². The molecule has 0 amide bonds. The minimum absolute atomic E-state index is 0.0988. The predicted octanol–water partition coefficient (Wildman–Crippen LogP) is 3.52. The molecule has 1 aromatic carbocycles. The van der Waals surface area contributed by atoms with Crippen molar-refractivity contribution in [2.45, 2.75) is 50.1 Å². The highest BCUT2D eigenvalue weighted by molar-refractivity contribution is 6.35. The molecule has 0 saturated heterocycles. The van der Waals surface area contributed by atoms with Crippen LogP contribution in [-0.2, 0) is 6.42 Å². The van der Waals surface area contributed by atoms with Crippen LogP contribution in [0.3, 0.4) is 0 Å². The lowest BCUT2D eigenvalue weighted by Crippen LogP contribution is -2.46. The third-order valence-corrected chi connectivity index (χ3v) is 4.67. The third kappa shape index (κ3) is 3.39. The van der Waals surface area contributed by atoms with E-state index < -0.39 is 0 Å². The van der Waals surface area contributed by atoms with Gasteiger partial charge < -0.3 is 11.5 Å². The molecule has 0 unspecified atom stereocenters. The molecule has 100 valence electrons. The Morgan fingerprint density at radius 1 is 1.17 bits per heavy atom. The largest absolute Gasteiger partial charge is 0.328 e. The number of hydrogen-bond donors (Lipinski definition) is 2. The molecule has 4 heteroatoms. The van der Waals surface area contributed by atoms with E-state index in [2.05, 4.69) is 0 Å². The fourth-order valence-electron chi connectivity index (χ4n) is 2.61. The fraction of sp³-hybridized carbons (Fsp3) is 0.571. The van der Waals surface area contributed by atoms with Crippen LogP contribution in [0.4, 0.5) is 0 Å². The quantitative estimate of drug-likeness (QED) is 0.893. The Balaban J connectivity index is 1.99. The fourth-order valence-corrected chi connectivity index (χ4v) is 3.20. The summed E-state index contributed by atoms with van der Waals surface area (Å²) in [6, 6.07) is 5.95. The van der Waals surface area contributed by atoms with E-state index in [0.29, 0.717) is 6.04 Å². The highest BCUT2D eigenvalue weighted by Crippen LogP contribution is 2.32. The summed E-state index contributed by atoms with van der Waals surface area (Å²) in [5, 5.41) is 1.47. The van der Waals surface area contributed by atoms with Crippen LogP contribution in [0.15, 0.2) is 18.2 Å². The molecule has 0 radical (unpaired) electrons. The van der Waals surface area contributed by atoms with Gasteiger partial charge in [-0.3, -0.25) is 0 Å². The van der Waals surface area contributed by atoms with E-state index in [1.165, 1.54) is 0 Å². The maximum Gasteiger partial charge on any atom is 0.0452 e. The molecule has 0 atom stereocenters. The maximum absolute atomic E-state index is 6.43. The Bertz CT molecular complexity index is 392. The van der Waals surface area contributed by atoms with Crippen LogP contribution in [0.1, 0.15) is 37.7 Å². The van der Waals surface area contributed by atoms with E-state index in [1.54, 1.807) is 0 Å². The molecule has 4 N–H and O–H groups in total. The SMILES string of the molecule is NC1CCC(N)(CCc2c(Cl)cccc2Cl)CC1. The van der Waals surface area contributed by atoms with Gasteiger partial charge in [-0.05, 0) is 56.2 Å². The summed E-state index contributed by atoms with van der Waals surface area (Å²) in [7, 11) is 0. The zero-order valence-electron chi connectivity index (χ0n) is 10.5. The van der Waals surface area contributed by atoms with Gasteiger partial charge in [0.1, 0.15) is 0 Å². The Hall–Kier alpha value is -0.280. The maximum atomic E-state index is 6.43. The van der Waals surface area contributed by atoms with Crippen LogP contribution in [-0.4, -0.2) is 11.6 Å². The van der Waals surface area contributed by atoms with Crippen molar-refractivity contribution < 1.29 is 0 Å². The highest BCUT2D eigenvalue weighted by Gasteiger charge is 2.30. The topological polar surface area (TPSA) is 52.0 Å². The second-order valence-electron chi connectivity index (χ2n) is 5.40. The van der Waals surface area contributed by atoms with Crippen molar-refractivity contribution in [2.24, 2.45) is 11.5 Å². The van der Waals surface area contributed by atoms with Crippen molar-refractivity contribution in [3.8, 4) is 0 Å². The normalized spacial score (nSPS) is 28.3. The first kappa shape index (κ1) is 14.1. The van der Waals surface area contributed by atoms with Crippen LogP contribution in [0.25, 0.3) is 0 Å². The summed E-state index contributed by atoms with van der Waals surface area (Å²) in [6.45, 7) is 0. The van der Waals surface area contributed by atoms with Gasteiger partial charge in [0.05, 0.1) is 0 Å². The van der Waals surface area contributed by atoms with Gasteiger partial charge in [-0.2, -0.15) is 0 Å². The van der Waals surface area contributed by atoms with Crippen LogP contribution in [0, 0.1) is 0 Å². The average Bonchev–Trinajstić information content (AvgIpc) is 2.33. The van der Waals surface area contributed by atoms with Crippen molar-refractivity contribution in [1.29, 1.82) is 0 Å². The Morgan fingerprint density at radius 3 is 2.28 bits per heavy atom. The van der Waals surface area contributed by atoms with E-state index in [4.69, 9.17) is 34.7 Å². The van der Waals surface area contributed by atoms with Crippen molar-refractivity contribution in [3.63, 3.8) is 0 Å². The molecular weight excluding hydrogens is 267 g/mol. The minimum atomic E-state index is -0.0988. The summed E-state index contributed by atoms with van der Waals surface area (Å²) in [5.74, 6) is 0. The number of rotatable bonds is 3. The Morgan fingerprint density at radius 2 is 1.72 bits per heavy atom. The van der Waals surface area contributed by atoms with Gasteiger partial charge in [-0.25, -0.2) is 0 Å². The zero-order valence-corrected chi connectivity index (χ0v) is 12.0. The van der Waals surface area contributed by atoms with Crippen molar-refractivity contribution in [1.82, 2.24) is 0 Å². The van der Waals surface area contributed by atoms with Crippen LogP contribution in [0.2, 0.25) is 10.0 Å². The van der Waals surface area contributed by atoms with Crippen LogP contribution in [0.5, 0.6) is 0 Å². The molecule has 0 aliphatic heterocycles.